The van der Waals surface area contributed by atoms with Crippen LogP contribution in [0.1, 0.15) is 42.4 Å². The molecule has 2 N–H and O–H groups in total. The Labute approximate surface area is 189 Å². The number of amides is 2. The van der Waals surface area contributed by atoms with Crippen LogP contribution in [0.3, 0.4) is 0 Å². The van der Waals surface area contributed by atoms with Crippen LogP contribution in [0.2, 0.25) is 5.02 Å². The second kappa shape index (κ2) is 10.6. The van der Waals surface area contributed by atoms with Gasteiger partial charge in [-0.2, -0.15) is 0 Å². The van der Waals surface area contributed by atoms with Crippen molar-refractivity contribution in [2.45, 2.75) is 32.4 Å². The Hall–Kier alpha value is -3.65. The van der Waals surface area contributed by atoms with E-state index >= 15 is 0 Å². The summed E-state index contributed by atoms with van der Waals surface area (Å²) in [5.74, 6) is -0.826. The normalized spacial score (nSPS) is 12.5. The average Bonchev–Trinajstić information content (AvgIpc) is 3.16. The van der Waals surface area contributed by atoms with Crippen molar-refractivity contribution in [1.29, 1.82) is 0 Å². The predicted molar refractivity (Wildman–Crippen MR) is 118 cm³/mol. The zero-order valence-electron chi connectivity index (χ0n) is 17.5. The number of nitrogens with one attached hydrogen (secondary N) is 2. The van der Waals surface area contributed by atoms with Crippen LogP contribution >= 0.6 is 11.6 Å². The third-order valence-corrected chi connectivity index (χ3v) is 4.74. The van der Waals surface area contributed by atoms with Crippen LogP contribution in [0.5, 0.6) is 0 Å². The quantitative estimate of drug-likeness (QED) is 0.494. The smallest absolute Gasteiger partial charge is 0.309 e. The lowest BCUT2D eigenvalue weighted by molar-refractivity contribution is -0.155. The van der Waals surface area contributed by atoms with Gasteiger partial charge < -0.3 is 19.9 Å². The van der Waals surface area contributed by atoms with E-state index in [1.807, 2.05) is 0 Å². The van der Waals surface area contributed by atoms with Gasteiger partial charge in [-0.1, -0.05) is 59.2 Å². The predicted octanol–water partition coefficient (Wildman–Crippen LogP) is 4.13. The minimum atomic E-state index is -1.22. The number of ether oxygens (including phenoxy) is 1. The second-order valence-corrected chi connectivity index (χ2v) is 7.54. The number of rotatable bonds is 8. The molecule has 8 nitrogen and oxygen atoms in total. The third kappa shape index (κ3) is 6.42. The van der Waals surface area contributed by atoms with Gasteiger partial charge in [0.15, 0.2) is 5.82 Å². The van der Waals surface area contributed by atoms with Crippen molar-refractivity contribution in [1.82, 2.24) is 10.5 Å². The SMILES string of the molecule is CC(=O)NC(CC(=O)OC(C(=O)Nc1cc(C)on1)c1ccccc1)c1ccc(Cl)cc1. The minimum Gasteiger partial charge on any atom is -0.447 e. The molecule has 0 aliphatic carbocycles. The van der Waals surface area contributed by atoms with Crippen molar-refractivity contribution in [2.75, 3.05) is 5.32 Å². The van der Waals surface area contributed by atoms with Crippen molar-refractivity contribution in [2.24, 2.45) is 0 Å². The average molecular weight is 456 g/mol. The van der Waals surface area contributed by atoms with Gasteiger partial charge in [0.25, 0.3) is 5.91 Å². The van der Waals surface area contributed by atoms with E-state index in [2.05, 4.69) is 15.8 Å². The van der Waals surface area contributed by atoms with Crippen LogP contribution in [0.4, 0.5) is 5.82 Å². The molecule has 9 heteroatoms. The standard InChI is InChI=1S/C23H22ClN3O5/c1-14-12-20(27-32-14)26-23(30)22(17-6-4-3-5-7-17)31-21(29)13-19(25-15(2)28)16-8-10-18(24)11-9-16/h3-12,19,22H,13H2,1-2H3,(H,25,28)(H,26,27,30). The molecule has 0 radical (unpaired) electrons. The van der Waals surface area contributed by atoms with Crippen LogP contribution in [-0.2, 0) is 19.1 Å². The van der Waals surface area contributed by atoms with Gasteiger partial charge >= 0.3 is 5.97 Å². The lowest BCUT2D eigenvalue weighted by Gasteiger charge is -2.21. The van der Waals surface area contributed by atoms with E-state index in [-0.39, 0.29) is 18.1 Å². The van der Waals surface area contributed by atoms with Crippen molar-refractivity contribution >= 4 is 35.2 Å². The molecule has 0 fully saturated rings. The molecule has 0 saturated heterocycles. The number of carbonyl (C=O) groups is 3. The highest BCUT2D eigenvalue weighted by atomic mass is 35.5. The Morgan fingerprint density at radius 2 is 1.75 bits per heavy atom. The van der Waals surface area contributed by atoms with Gasteiger partial charge in [-0.05, 0) is 24.6 Å². The summed E-state index contributed by atoms with van der Waals surface area (Å²) in [5, 5.41) is 9.57. The van der Waals surface area contributed by atoms with Crippen molar-refractivity contribution < 1.29 is 23.6 Å². The van der Waals surface area contributed by atoms with Crippen molar-refractivity contribution in [3.05, 3.63) is 82.6 Å². The Balaban J connectivity index is 1.77. The number of esters is 1. The Morgan fingerprint density at radius 1 is 1.06 bits per heavy atom. The largest absolute Gasteiger partial charge is 0.447 e. The molecule has 3 aromatic rings. The molecule has 2 atom stereocenters. The zero-order chi connectivity index (χ0) is 23.1. The lowest BCUT2D eigenvalue weighted by Crippen LogP contribution is -2.31. The molecule has 2 amide bonds. The molecule has 0 saturated carbocycles. The number of benzene rings is 2. The molecule has 3 rings (SSSR count). The van der Waals surface area contributed by atoms with Crippen LogP contribution < -0.4 is 10.6 Å². The van der Waals surface area contributed by atoms with Gasteiger partial charge in [0.2, 0.25) is 12.0 Å². The maximum absolute atomic E-state index is 12.9. The van der Waals surface area contributed by atoms with Crippen LogP contribution in [0, 0.1) is 6.92 Å². The van der Waals surface area contributed by atoms with Crippen LogP contribution in [-0.4, -0.2) is 22.9 Å². The molecule has 0 spiro atoms. The van der Waals surface area contributed by atoms with Crippen molar-refractivity contribution in [3.63, 3.8) is 0 Å². The lowest BCUT2D eigenvalue weighted by atomic mass is 10.0. The monoisotopic (exact) mass is 455 g/mol. The maximum atomic E-state index is 12.9. The van der Waals surface area contributed by atoms with Gasteiger partial charge in [-0.25, -0.2) is 0 Å². The Bertz CT molecular complexity index is 1080. The van der Waals surface area contributed by atoms with Crippen molar-refractivity contribution in [3.8, 4) is 0 Å². The minimum absolute atomic E-state index is 0.180. The number of halogens is 1. The number of aromatic nitrogens is 1. The topological polar surface area (TPSA) is 111 Å². The van der Waals surface area contributed by atoms with E-state index in [9.17, 15) is 14.4 Å². The van der Waals surface area contributed by atoms with E-state index in [4.69, 9.17) is 20.9 Å². The highest BCUT2D eigenvalue weighted by Crippen LogP contribution is 2.24. The van der Waals surface area contributed by atoms with Gasteiger partial charge in [0, 0.05) is 23.6 Å². The molecule has 1 aromatic heterocycles. The number of hydrogen-bond acceptors (Lipinski definition) is 6. The fourth-order valence-corrected chi connectivity index (χ4v) is 3.18. The molecule has 1 heterocycles. The summed E-state index contributed by atoms with van der Waals surface area (Å²) in [6, 6.07) is 16.3. The molecular formula is C23H22ClN3O5. The van der Waals surface area contributed by atoms with Crippen LogP contribution in [0.15, 0.2) is 65.2 Å². The third-order valence-electron chi connectivity index (χ3n) is 4.49. The van der Waals surface area contributed by atoms with Gasteiger partial charge in [-0.3, -0.25) is 14.4 Å². The second-order valence-electron chi connectivity index (χ2n) is 7.10. The van der Waals surface area contributed by atoms with Gasteiger partial charge in [0.1, 0.15) is 5.76 Å². The van der Waals surface area contributed by atoms with E-state index in [1.165, 1.54) is 6.92 Å². The molecule has 0 aliphatic rings. The number of anilines is 1. The number of carbonyl (C=O) groups excluding carboxylic acids is 3. The summed E-state index contributed by atoms with van der Waals surface area (Å²) >= 11 is 5.93. The Morgan fingerprint density at radius 3 is 2.34 bits per heavy atom. The molecule has 2 unspecified atom stereocenters. The van der Waals surface area contributed by atoms with E-state index in [0.29, 0.717) is 21.9 Å². The zero-order valence-corrected chi connectivity index (χ0v) is 18.3. The highest BCUT2D eigenvalue weighted by Gasteiger charge is 2.28. The summed E-state index contributed by atoms with van der Waals surface area (Å²) < 4.78 is 10.5. The number of nitrogens with zero attached hydrogens (tertiary/aromatic N) is 1. The molecule has 0 bridgehead atoms. The summed E-state index contributed by atoms with van der Waals surface area (Å²) in [7, 11) is 0. The molecular weight excluding hydrogens is 434 g/mol. The first-order valence-corrected chi connectivity index (χ1v) is 10.2. The van der Waals surface area contributed by atoms with E-state index in [1.54, 1.807) is 67.6 Å². The first-order chi connectivity index (χ1) is 15.3. The molecule has 32 heavy (non-hydrogen) atoms. The molecule has 166 valence electrons. The summed E-state index contributed by atoms with van der Waals surface area (Å²) in [6.45, 7) is 3.05. The highest BCUT2D eigenvalue weighted by molar-refractivity contribution is 6.30. The Kier molecular flexibility index (Phi) is 7.62. The fraction of sp³-hybridized carbons (Fsp3) is 0.217. The summed E-state index contributed by atoms with van der Waals surface area (Å²) in [4.78, 5) is 37.3. The first-order valence-electron chi connectivity index (χ1n) is 9.83. The van der Waals surface area contributed by atoms with Crippen LogP contribution in [0.25, 0.3) is 0 Å². The van der Waals surface area contributed by atoms with Gasteiger partial charge in [0.05, 0.1) is 12.5 Å². The fourth-order valence-electron chi connectivity index (χ4n) is 3.06. The van der Waals surface area contributed by atoms with E-state index < -0.39 is 24.0 Å². The molecule has 0 aliphatic heterocycles. The summed E-state index contributed by atoms with van der Waals surface area (Å²) in [5.41, 5.74) is 1.17. The first kappa shape index (κ1) is 23.0. The summed E-state index contributed by atoms with van der Waals surface area (Å²) in [6.07, 6.45) is -1.40. The molecule has 2 aromatic carbocycles. The van der Waals surface area contributed by atoms with Gasteiger partial charge in [-0.15, -0.1) is 0 Å². The number of aryl methyl sites for hydroxylation is 1. The maximum Gasteiger partial charge on any atom is 0.309 e. The number of hydrogen-bond donors (Lipinski definition) is 2. The van der Waals surface area contributed by atoms with E-state index in [0.717, 1.165) is 0 Å².